The van der Waals surface area contributed by atoms with E-state index >= 15 is 0 Å². The smallest absolute Gasteiger partial charge is 0.315 e. The van der Waals surface area contributed by atoms with E-state index in [1.54, 1.807) is 0 Å². The third-order valence-corrected chi connectivity index (χ3v) is 5.88. The van der Waals surface area contributed by atoms with Gasteiger partial charge in [-0.2, -0.15) is 0 Å². The molecule has 7 heteroatoms. The maximum Gasteiger partial charge on any atom is 0.315 e. The summed E-state index contributed by atoms with van der Waals surface area (Å²) in [6, 6.07) is 4.78. The average Bonchev–Trinajstić information content (AvgIpc) is 3.14. The number of hydrogen-bond acceptors (Lipinski definition) is 4. The normalized spacial score (nSPS) is 18.6. The fourth-order valence-electron chi connectivity index (χ4n) is 4.13. The van der Waals surface area contributed by atoms with Crippen LogP contribution in [-0.2, 0) is 0 Å². The van der Waals surface area contributed by atoms with Gasteiger partial charge in [0.15, 0.2) is 5.65 Å². The number of aromatic amines is 1. The van der Waals surface area contributed by atoms with Crippen molar-refractivity contribution in [1.29, 1.82) is 0 Å². The highest BCUT2D eigenvalue weighted by Gasteiger charge is 2.25. The summed E-state index contributed by atoms with van der Waals surface area (Å²) in [6.07, 6.45) is 11.0. The number of urea groups is 1. The highest BCUT2D eigenvalue weighted by atomic mass is 16.2. The van der Waals surface area contributed by atoms with Gasteiger partial charge in [0.2, 0.25) is 0 Å². The van der Waals surface area contributed by atoms with Gasteiger partial charge in [-0.3, -0.25) is 0 Å². The number of carbonyl (C=O) groups excluding carboxylic acids is 1. The van der Waals surface area contributed by atoms with Gasteiger partial charge in [0, 0.05) is 54.0 Å². The minimum atomic E-state index is -0.00597. The molecule has 4 heterocycles. The standard InChI is InChI=1S/C20H24N6O/c27-20(24-13-2-1-3-13)25-14-6-10-26(11-7-14)17-5-9-21-16-12-23-19-15(18(16)17)4-8-22-19/h4-5,8-9,12-14,21H,1-3,6-7,10-11H2,(H2,24,25,27). The molecule has 3 aromatic heterocycles. The van der Waals surface area contributed by atoms with E-state index in [-0.39, 0.29) is 12.1 Å². The van der Waals surface area contributed by atoms with Crippen LogP contribution in [0.2, 0.25) is 0 Å². The first-order chi connectivity index (χ1) is 13.3. The molecule has 2 aliphatic rings. The summed E-state index contributed by atoms with van der Waals surface area (Å²) < 4.78 is 0. The van der Waals surface area contributed by atoms with Crippen LogP contribution in [0.4, 0.5) is 10.5 Å². The van der Waals surface area contributed by atoms with Crippen LogP contribution in [0.5, 0.6) is 0 Å². The van der Waals surface area contributed by atoms with Crippen molar-refractivity contribution in [3.63, 3.8) is 0 Å². The SMILES string of the molecule is O=C(NC1CCC1)NC1CCN(c2cc[nH]c3cnc4nccc4c23)CC1. The molecule has 0 radical (unpaired) electrons. The molecule has 0 aromatic carbocycles. The molecular weight excluding hydrogens is 340 g/mol. The maximum atomic E-state index is 12.1. The van der Waals surface area contributed by atoms with E-state index in [1.807, 2.05) is 24.7 Å². The quantitative estimate of drug-likeness (QED) is 0.667. The molecule has 1 aliphatic carbocycles. The van der Waals surface area contributed by atoms with E-state index in [2.05, 4.69) is 36.6 Å². The number of piperidine rings is 1. The molecule has 7 nitrogen and oxygen atoms in total. The van der Waals surface area contributed by atoms with Crippen LogP contribution in [0.25, 0.3) is 21.9 Å². The van der Waals surface area contributed by atoms with Crippen molar-refractivity contribution in [2.24, 2.45) is 0 Å². The van der Waals surface area contributed by atoms with Crippen molar-refractivity contribution in [2.45, 2.75) is 44.2 Å². The number of anilines is 1. The van der Waals surface area contributed by atoms with E-state index in [0.717, 1.165) is 55.3 Å². The summed E-state index contributed by atoms with van der Waals surface area (Å²) in [5.41, 5.74) is 3.02. The molecule has 0 bridgehead atoms. The average molecular weight is 364 g/mol. The largest absolute Gasteiger partial charge is 0.371 e. The van der Waals surface area contributed by atoms with Crippen LogP contribution < -0.4 is 15.5 Å². The minimum Gasteiger partial charge on any atom is -0.371 e. The summed E-state index contributed by atoms with van der Waals surface area (Å²) in [6.45, 7) is 1.84. The number of pyridine rings is 2. The number of nitrogens with one attached hydrogen (secondary N) is 3. The lowest BCUT2D eigenvalue weighted by Crippen LogP contribution is -2.51. The number of nitrogens with zero attached hydrogens (tertiary/aromatic N) is 3. The molecule has 1 saturated heterocycles. The van der Waals surface area contributed by atoms with Gasteiger partial charge in [0.1, 0.15) is 0 Å². The van der Waals surface area contributed by atoms with E-state index in [1.165, 1.54) is 17.5 Å². The fraction of sp³-hybridized carbons (Fsp3) is 0.450. The van der Waals surface area contributed by atoms with Gasteiger partial charge < -0.3 is 20.5 Å². The van der Waals surface area contributed by atoms with Gasteiger partial charge in [0.05, 0.1) is 11.7 Å². The highest BCUT2D eigenvalue weighted by molar-refractivity contribution is 6.09. The molecule has 3 aromatic rings. The van der Waals surface area contributed by atoms with Crippen molar-refractivity contribution in [3.8, 4) is 0 Å². The molecule has 2 fully saturated rings. The second-order valence-corrected chi connectivity index (χ2v) is 7.60. The molecule has 27 heavy (non-hydrogen) atoms. The third kappa shape index (κ3) is 3.07. The highest BCUT2D eigenvalue weighted by Crippen LogP contribution is 2.32. The first kappa shape index (κ1) is 16.4. The summed E-state index contributed by atoms with van der Waals surface area (Å²) in [4.78, 5) is 26.6. The first-order valence-electron chi connectivity index (χ1n) is 9.81. The number of H-pyrrole nitrogens is 1. The number of fused-ring (bicyclic) bond motifs is 3. The van der Waals surface area contributed by atoms with Crippen LogP contribution in [0.15, 0.2) is 30.7 Å². The van der Waals surface area contributed by atoms with E-state index < -0.39 is 0 Å². The Balaban J connectivity index is 1.31. The van der Waals surface area contributed by atoms with Crippen molar-refractivity contribution in [2.75, 3.05) is 18.0 Å². The summed E-state index contributed by atoms with van der Waals surface area (Å²) in [5.74, 6) is 0. The Morgan fingerprint density at radius 1 is 1.07 bits per heavy atom. The Labute approximate surface area is 157 Å². The Morgan fingerprint density at radius 3 is 2.59 bits per heavy atom. The van der Waals surface area contributed by atoms with Gasteiger partial charge in [-0.1, -0.05) is 0 Å². The molecule has 1 saturated carbocycles. The molecule has 0 atom stereocenters. The topological polar surface area (TPSA) is 85.9 Å². The molecule has 2 amide bonds. The van der Waals surface area contributed by atoms with E-state index in [0.29, 0.717) is 6.04 Å². The van der Waals surface area contributed by atoms with Crippen molar-refractivity contribution >= 4 is 33.7 Å². The van der Waals surface area contributed by atoms with Crippen LogP contribution in [0, 0.1) is 0 Å². The van der Waals surface area contributed by atoms with E-state index in [4.69, 9.17) is 0 Å². The summed E-state index contributed by atoms with van der Waals surface area (Å²) >= 11 is 0. The molecule has 0 unspecified atom stereocenters. The zero-order chi connectivity index (χ0) is 18.2. The van der Waals surface area contributed by atoms with Gasteiger partial charge in [-0.15, -0.1) is 0 Å². The first-order valence-corrected chi connectivity index (χ1v) is 9.81. The molecule has 1 aliphatic heterocycles. The zero-order valence-electron chi connectivity index (χ0n) is 15.2. The predicted molar refractivity (Wildman–Crippen MR) is 106 cm³/mol. The van der Waals surface area contributed by atoms with Crippen LogP contribution >= 0.6 is 0 Å². The predicted octanol–water partition coefficient (Wildman–Crippen LogP) is 2.93. The number of hydrogen-bond donors (Lipinski definition) is 3. The number of rotatable bonds is 3. The van der Waals surface area contributed by atoms with Crippen LogP contribution in [-0.4, -0.2) is 46.2 Å². The second kappa shape index (κ2) is 6.72. The lowest BCUT2D eigenvalue weighted by Gasteiger charge is -2.35. The van der Waals surface area contributed by atoms with Crippen molar-refractivity contribution in [1.82, 2.24) is 25.6 Å². The van der Waals surface area contributed by atoms with Gasteiger partial charge in [-0.25, -0.2) is 14.8 Å². The van der Waals surface area contributed by atoms with Crippen LogP contribution in [0.3, 0.4) is 0 Å². The molecular formula is C20H24N6O. The van der Waals surface area contributed by atoms with Gasteiger partial charge >= 0.3 is 6.03 Å². The van der Waals surface area contributed by atoms with Gasteiger partial charge in [-0.05, 0) is 44.2 Å². The Bertz CT molecular complexity index is 971. The lowest BCUT2D eigenvalue weighted by atomic mass is 9.93. The Morgan fingerprint density at radius 2 is 1.85 bits per heavy atom. The zero-order valence-corrected chi connectivity index (χ0v) is 15.2. The molecule has 3 N–H and O–H groups in total. The summed E-state index contributed by atoms with van der Waals surface area (Å²) in [7, 11) is 0. The number of amides is 2. The number of aromatic nitrogens is 3. The monoisotopic (exact) mass is 364 g/mol. The lowest BCUT2D eigenvalue weighted by molar-refractivity contribution is 0.222. The molecule has 5 rings (SSSR count). The Kier molecular flexibility index (Phi) is 4.07. The van der Waals surface area contributed by atoms with E-state index in [9.17, 15) is 4.79 Å². The third-order valence-electron chi connectivity index (χ3n) is 5.88. The van der Waals surface area contributed by atoms with Crippen molar-refractivity contribution in [3.05, 3.63) is 30.7 Å². The molecule has 0 spiro atoms. The van der Waals surface area contributed by atoms with Gasteiger partial charge in [0.25, 0.3) is 0 Å². The number of carbonyl (C=O) groups is 1. The minimum absolute atomic E-state index is 0.00597. The van der Waals surface area contributed by atoms with Crippen molar-refractivity contribution < 1.29 is 4.79 Å². The second-order valence-electron chi connectivity index (χ2n) is 7.60. The maximum absolute atomic E-state index is 12.1. The Hall–Kier alpha value is -2.83. The fourth-order valence-corrected chi connectivity index (χ4v) is 4.13. The molecule has 140 valence electrons. The van der Waals surface area contributed by atoms with Crippen LogP contribution in [0.1, 0.15) is 32.1 Å². The summed E-state index contributed by atoms with van der Waals surface area (Å²) in [5, 5.41) is 8.47.